The minimum Gasteiger partial charge on any atom is -0.481 e. The van der Waals surface area contributed by atoms with Crippen molar-refractivity contribution >= 4 is 5.97 Å². The quantitative estimate of drug-likeness (QED) is 0.752. The number of carboxylic acids is 1. The Balaban J connectivity index is 2.04. The van der Waals surface area contributed by atoms with Gasteiger partial charge in [-0.3, -0.25) is 4.79 Å². The number of aliphatic carboxylic acids is 1. The Bertz CT molecular complexity index is 707. The second kappa shape index (κ2) is 6.26. The van der Waals surface area contributed by atoms with E-state index in [2.05, 4.69) is 9.97 Å². The Labute approximate surface area is 128 Å². The van der Waals surface area contributed by atoms with Crippen LogP contribution in [0.15, 0.2) is 60.7 Å². The molecular weight excluding hydrogens is 276 g/mol. The molecule has 0 atom stereocenters. The largest absolute Gasteiger partial charge is 0.481 e. The van der Waals surface area contributed by atoms with Crippen LogP contribution in [0, 0.1) is 0 Å². The number of H-pyrrole nitrogens is 1. The molecule has 0 saturated heterocycles. The van der Waals surface area contributed by atoms with Gasteiger partial charge in [0.15, 0.2) is 0 Å². The maximum atomic E-state index is 10.8. The van der Waals surface area contributed by atoms with Gasteiger partial charge in [0.2, 0.25) is 0 Å². The van der Waals surface area contributed by atoms with Gasteiger partial charge < -0.3 is 10.1 Å². The van der Waals surface area contributed by atoms with E-state index >= 15 is 0 Å². The molecule has 22 heavy (non-hydrogen) atoms. The summed E-state index contributed by atoms with van der Waals surface area (Å²) in [5, 5.41) is 8.84. The van der Waals surface area contributed by atoms with Gasteiger partial charge in [0, 0.05) is 17.5 Å². The molecule has 4 nitrogen and oxygen atoms in total. The first kappa shape index (κ1) is 14.1. The molecule has 0 spiro atoms. The van der Waals surface area contributed by atoms with Crippen molar-refractivity contribution < 1.29 is 9.90 Å². The van der Waals surface area contributed by atoms with Gasteiger partial charge in [0.25, 0.3) is 0 Å². The van der Waals surface area contributed by atoms with Gasteiger partial charge in [-0.25, -0.2) is 4.98 Å². The smallest absolute Gasteiger partial charge is 0.303 e. The van der Waals surface area contributed by atoms with Crippen molar-refractivity contribution in [3.8, 4) is 22.5 Å². The number of aryl methyl sites for hydroxylation is 1. The zero-order valence-electron chi connectivity index (χ0n) is 12.0. The van der Waals surface area contributed by atoms with Gasteiger partial charge in [-0.2, -0.15) is 0 Å². The molecule has 0 radical (unpaired) electrons. The maximum Gasteiger partial charge on any atom is 0.303 e. The summed E-state index contributed by atoms with van der Waals surface area (Å²) in [6, 6.07) is 19.8. The van der Waals surface area contributed by atoms with E-state index in [0.717, 1.165) is 22.5 Å². The molecule has 2 N–H and O–H groups in total. The number of carboxylic acid groups (broad SMARTS) is 1. The van der Waals surface area contributed by atoms with Crippen LogP contribution in [0.4, 0.5) is 0 Å². The van der Waals surface area contributed by atoms with E-state index in [4.69, 9.17) is 5.11 Å². The first-order valence-corrected chi connectivity index (χ1v) is 7.15. The van der Waals surface area contributed by atoms with Crippen LogP contribution < -0.4 is 0 Å². The zero-order valence-corrected chi connectivity index (χ0v) is 12.0. The van der Waals surface area contributed by atoms with Crippen LogP contribution in [0.1, 0.15) is 12.2 Å². The molecule has 0 amide bonds. The first-order chi connectivity index (χ1) is 10.7. The lowest BCUT2D eigenvalue weighted by atomic mass is 10.1. The lowest BCUT2D eigenvalue weighted by Gasteiger charge is -2.02. The van der Waals surface area contributed by atoms with Gasteiger partial charge in [0.05, 0.1) is 17.8 Å². The molecule has 110 valence electrons. The minimum absolute atomic E-state index is 0.0654. The van der Waals surface area contributed by atoms with Crippen LogP contribution in [0.5, 0.6) is 0 Å². The standard InChI is InChI=1S/C18H16N2O2/c21-16(22)12-11-15-19-17(13-7-3-1-4-8-13)18(20-15)14-9-5-2-6-10-14/h1-10H,11-12H2,(H,19,20)(H,21,22). The highest BCUT2D eigenvalue weighted by Crippen LogP contribution is 2.30. The fraction of sp³-hybridized carbons (Fsp3) is 0.111. The summed E-state index contributed by atoms with van der Waals surface area (Å²) in [4.78, 5) is 18.7. The van der Waals surface area contributed by atoms with Crippen LogP contribution in [0.25, 0.3) is 22.5 Å². The highest BCUT2D eigenvalue weighted by molar-refractivity contribution is 5.78. The summed E-state index contributed by atoms with van der Waals surface area (Å²) in [5.41, 5.74) is 3.83. The summed E-state index contributed by atoms with van der Waals surface area (Å²) in [7, 11) is 0. The van der Waals surface area contributed by atoms with Gasteiger partial charge >= 0.3 is 5.97 Å². The summed E-state index contributed by atoms with van der Waals surface area (Å²) in [6.45, 7) is 0. The highest BCUT2D eigenvalue weighted by Gasteiger charge is 2.14. The van der Waals surface area contributed by atoms with Crippen LogP contribution in [-0.4, -0.2) is 21.0 Å². The van der Waals surface area contributed by atoms with Crippen molar-refractivity contribution in [3.05, 3.63) is 66.5 Å². The Morgan fingerprint density at radius 2 is 1.55 bits per heavy atom. The van der Waals surface area contributed by atoms with Crippen molar-refractivity contribution in [1.29, 1.82) is 0 Å². The van der Waals surface area contributed by atoms with E-state index < -0.39 is 5.97 Å². The molecule has 0 saturated carbocycles. The summed E-state index contributed by atoms with van der Waals surface area (Å²) in [5.74, 6) is -0.126. The van der Waals surface area contributed by atoms with Crippen LogP contribution in [0.2, 0.25) is 0 Å². The minimum atomic E-state index is -0.820. The van der Waals surface area contributed by atoms with E-state index in [1.807, 2.05) is 60.7 Å². The van der Waals surface area contributed by atoms with Crippen LogP contribution >= 0.6 is 0 Å². The van der Waals surface area contributed by atoms with Crippen LogP contribution in [0.3, 0.4) is 0 Å². The van der Waals surface area contributed by atoms with Crippen molar-refractivity contribution in [3.63, 3.8) is 0 Å². The van der Waals surface area contributed by atoms with Crippen molar-refractivity contribution in [2.45, 2.75) is 12.8 Å². The molecule has 3 rings (SSSR count). The third kappa shape index (κ3) is 3.06. The highest BCUT2D eigenvalue weighted by atomic mass is 16.4. The number of hydrogen-bond acceptors (Lipinski definition) is 2. The van der Waals surface area contributed by atoms with Gasteiger partial charge in [0.1, 0.15) is 5.82 Å². The number of aromatic amines is 1. The lowest BCUT2D eigenvalue weighted by molar-refractivity contribution is -0.137. The second-order valence-corrected chi connectivity index (χ2v) is 5.03. The van der Waals surface area contributed by atoms with Crippen molar-refractivity contribution in [1.82, 2.24) is 9.97 Å². The molecule has 0 aliphatic carbocycles. The summed E-state index contributed by atoms with van der Waals surface area (Å²) in [6.07, 6.45) is 0.456. The van der Waals surface area contributed by atoms with E-state index in [1.165, 1.54) is 0 Å². The molecule has 4 heteroatoms. The lowest BCUT2D eigenvalue weighted by Crippen LogP contribution is -1.98. The number of hydrogen-bond donors (Lipinski definition) is 2. The predicted molar refractivity (Wildman–Crippen MR) is 85.4 cm³/mol. The van der Waals surface area contributed by atoms with Crippen molar-refractivity contribution in [2.24, 2.45) is 0 Å². The average Bonchev–Trinajstić information content (AvgIpc) is 2.99. The molecule has 0 fully saturated rings. The maximum absolute atomic E-state index is 10.8. The Morgan fingerprint density at radius 3 is 2.14 bits per heavy atom. The van der Waals surface area contributed by atoms with E-state index in [0.29, 0.717) is 12.2 Å². The number of rotatable bonds is 5. The third-order valence-corrected chi connectivity index (χ3v) is 3.44. The van der Waals surface area contributed by atoms with E-state index in [9.17, 15) is 4.79 Å². The van der Waals surface area contributed by atoms with Gasteiger partial charge in [-0.05, 0) is 0 Å². The van der Waals surface area contributed by atoms with E-state index in [1.54, 1.807) is 0 Å². The molecule has 0 bridgehead atoms. The number of carbonyl (C=O) groups is 1. The second-order valence-electron chi connectivity index (χ2n) is 5.03. The van der Waals surface area contributed by atoms with Crippen LogP contribution in [-0.2, 0) is 11.2 Å². The number of nitrogens with one attached hydrogen (secondary N) is 1. The molecule has 0 aliphatic rings. The molecule has 0 unspecified atom stereocenters. The molecule has 2 aromatic carbocycles. The fourth-order valence-corrected chi connectivity index (χ4v) is 2.38. The average molecular weight is 292 g/mol. The Morgan fingerprint density at radius 1 is 0.955 bits per heavy atom. The molecule has 1 heterocycles. The normalized spacial score (nSPS) is 10.5. The van der Waals surface area contributed by atoms with E-state index in [-0.39, 0.29) is 6.42 Å². The molecular formula is C18H16N2O2. The number of benzene rings is 2. The fourth-order valence-electron chi connectivity index (χ4n) is 2.38. The monoisotopic (exact) mass is 292 g/mol. The topological polar surface area (TPSA) is 66.0 Å². The Kier molecular flexibility index (Phi) is 4.01. The Hall–Kier alpha value is -2.88. The van der Waals surface area contributed by atoms with Gasteiger partial charge in [-0.1, -0.05) is 60.7 Å². The number of aromatic nitrogens is 2. The first-order valence-electron chi connectivity index (χ1n) is 7.15. The summed E-state index contributed by atoms with van der Waals surface area (Å²) >= 11 is 0. The zero-order chi connectivity index (χ0) is 15.4. The summed E-state index contributed by atoms with van der Waals surface area (Å²) < 4.78 is 0. The van der Waals surface area contributed by atoms with Gasteiger partial charge in [-0.15, -0.1) is 0 Å². The molecule has 3 aromatic rings. The molecule has 1 aromatic heterocycles. The predicted octanol–water partition coefficient (Wildman–Crippen LogP) is 3.76. The third-order valence-electron chi connectivity index (χ3n) is 3.44. The van der Waals surface area contributed by atoms with Crippen molar-refractivity contribution in [2.75, 3.05) is 0 Å². The number of nitrogens with zero attached hydrogens (tertiary/aromatic N) is 1. The SMILES string of the molecule is O=C(O)CCc1nc(-c2ccccc2)c(-c2ccccc2)[nH]1. The number of imidazole rings is 1. The molecule has 0 aliphatic heterocycles.